The number of ketones is 1. The molecule has 1 aliphatic carbocycles. The predicted octanol–water partition coefficient (Wildman–Crippen LogP) is 7.41. The van der Waals surface area contributed by atoms with Crippen LogP contribution in [0, 0.1) is 5.92 Å². The molecule has 0 bridgehead atoms. The fourth-order valence-electron chi connectivity index (χ4n) is 5.90. The largest absolute Gasteiger partial charge is 0.374 e. The number of hydrogen-bond donors (Lipinski definition) is 0. The molecule has 1 unspecified atom stereocenters. The second-order valence-electron chi connectivity index (χ2n) is 9.84. The van der Waals surface area contributed by atoms with E-state index in [-0.39, 0.29) is 5.92 Å². The van der Waals surface area contributed by atoms with Crippen LogP contribution in [0.4, 0.5) is 0 Å². The number of fused-ring (bicyclic) bond motifs is 2. The summed E-state index contributed by atoms with van der Waals surface area (Å²) in [4.78, 5) is 21.4. The molecular weight excluding hydrogens is 602 g/mol. The Kier molecular flexibility index (Phi) is 9.70. The Morgan fingerprint density at radius 2 is 1.69 bits per heavy atom. The SMILES string of the molecule is C=C(CN1CCC(=O)CC1)N1CCC(C2c3ncc(Br)cc3CCc3cc(Cl)cc(Br)c32)CC1.CC. The van der Waals surface area contributed by atoms with Gasteiger partial charge in [-0.1, -0.05) is 48.0 Å². The molecule has 2 aliphatic heterocycles. The number of pyridine rings is 1. The third kappa shape index (κ3) is 6.25. The van der Waals surface area contributed by atoms with E-state index in [1.807, 2.05) is 26.1 Å². The van der Waals surface area contributed by atoms with E-state index in [2.05, 4.69) is 60.4 Å². The van der Waals surface area contributed by atoms with E-state index in [1.54, 1.807) is 0 Å². The summed E-state index contributed by atoms with van der Waals surface area (Å²) in [6.45, 7) is 13.0. The van der Waals surface area contributed by atoms with E-state index >= 15 is 0 Å². The van der Waals surface area contributed by atoms with E-state index in [0.717, 1.165) is 72.4 Å². The van der Waals surface area contributed by atoms with E-state index in [0.29, 0.717) is 24.5 Å². The van der Waals surface area contributed by atoms with Gasteiger partial charge in [0.1, 0.15) is 5.78 Å². The highest BCUT2D eigenvalue weighted by molar-refractivity contribution is 9.10. The Balaban J connectivity index is 0.00000148. The number of rotatable bonds is 4. The Labute approximate surface area is 237 Å². The summed E-state index contributed by atoms with van der Waals surface area (Å²) in [5, 5.41) is 0.787. The molecule has 2 fully saturated rings. The van der Waals surface area contributed by atoms with Crippen LogP contribution in [0.2, 0.25) is 5.02 Å². The van der Waals surface area contributed by atoms with Crippen molar-refractivity contribution in [2.75, 3.05) is 32.7 Å². The van der Waals surface area contributed by atoms with Gasteiger partial charge in [-0.25, -0.2) is 0 Å². The number of Topliss-reactive ketones (excluding diaryl/α,β-unsaturated/α-hetero) is 1. The molecule has 3 aliphatic rings. The van der Waals surface area contributed by atoms with Crippen LogP contribution in [0.5, 0.6) is 0 Å². The lowest BCUT2D eigenvalue weighted by atomic mass is 9.76. The Morgan fingerprint density at radius 3 is 2.39 bits per heavy atom. The molecule has 4 nitrogen and oxygen atoms in total. The summed E-state index contributed by atoms with van der Waals surface area (Å²) in [6.07, 6.45) is 7.47. The van der Waals surface area contributed by atoms with Gasteiger partial charge < -0.3 is 4.90 Å². The van der Waals surface area contributed by atoms with Crippen molar-refractivity contribution in [3.8, 4) is 0 Å². The molecule has 0 amide bonds. The molecule has 1 aromatic heterocycles. The minimum atomic E-state index is 0.260. The molecule has 1 atom stereocenters. The third-order valence-corrected chi connectivity index (χ3v) is 9.00. The average molecular weight is 638 g/mol. The second-order valence-corrected chi connectivity index (χ2v) is 12.0. The first-order valence-electron chi connectivity index (χ1n) is 13.2. The Morgan fingerprint density at radius 1 is 1.03 bits per heavy atom. The van der Waals surface area contributed by atoms with Crippen molar-refractivity contribution in [3.05, 3.63) is 73.0 Å². The molecule has 2 aromatic rings. The molecule has 36 heavy (non-hydrogen) atoms. The van der Waals surface area contributed by atoms with Gasteiger partial charge in [0, 0.05) is 77.3 Å². The molecule has 5 rings (SSSR count). The Hall–Kier alpha value is -1.21. The summed E-state index contributed by atoms with van der Waals surface area (Å²) in [7, 11) is 0. The van der Waals surface area contributed by atoms with Gasteiger partial charge in [0.2, 0.25) is 0 Å². The molecule has 0 saturated carbocycles. The molecule has 3 heterocycles. The van der Waals surface area contributed by atoms with Gasteiger partial charge in [-0.15, -0.1) is 0 Å². The van der Waals surface area contributed by atoms with E-state index in [9.17, 15) is 4.79 Å². The van der Waals surface area contributed by atoms with Crippen LogP contribution in [-0.2, 0) is 17.6 Å². The monoisotopic (exact) mass is 635 g/mol. The molecular formula is C29H36Br2ClN3O. The Bertz CT molecular complexity index is 1100. The maximum absolute atomic E-state index is 11.6. The van der Waals surface area contributed by atoms with Crippen LogP contribution in [0.25, 0.3) is 0 Å². The van der Waals surface area contributed by atoms with Gasteiger partial charge in [0.25, 0.3) is 0 Å². The van der Waals surface area contributed by atoms with Crippen LogP contribution in [-0.4, -0.2) is 53.3 Å². The van der Waals surface area contributed by atoms with Crippen molar-refractivity contribution in [1.82, 2.24) is 14.8 Å². The van der Waals surface area contributed by atoms with Gasteiger partial charge in [-0.05, 0) is 82.4 Å². The molecule has 0 spiro atoms. The van der Waals surface area contributed by atoms with Crippen LogP contribution < -0.4 is 0 Å². The highest BCUT2D eigenvalue weighted by atomic mass is 79.9. The van der Waals surface area contributed by atoms with Gasteiger partial charge in [0.15, 0.2) is 0 Å². The highest BCUT2D eigenvalue weighted by Gasteiger charge is 2.36. The number of piperidine rings is 2. The molecule has 1 aromatic carbocycles. The maximum Gasteiger partial charge on any atom is 0.135 e. The van der Waals surface area contributed by atoms with E-state index in [4.69, 9.17) is 16.6 Å². The van der Waals surface area contributed by atoms with Crippen LogP contribution in [0.15, 0.2) is 45.6 Å². The summed E-state index contributed by atoms with van der Waals surface area (Å²) in [6, 6.07) is 6.44. The highest BCUT2D eigenvalue weighted by Crippen LogP contribution is 2.46. The fourth-order valence-corrected chi connectivity index (χ4v) is 7.40. The first kappa shape index (κ1) is 27.8. The maximum atomic E-state index is 11.6. The molecule has 2 saturated heterocycles. The van der Waals surface area contributed by atoms with Crippen molar-refractivity contribution < 1.29 is 4.79 Å². The van der Waals surface area contributed by atoms with Crippen molar-refractivity contribution in [2.45, 2.75) is 58.3 Å². The average Bonchev–Trinajstić information content (AvgIpc) is 3.03. The normalized spacial score (nSPS) is 20.6. The van der Waals surface area contributed by atoms with E-state index in [1.165, 1.54) is 28.1 Å². The summed E-state index contributed by atoms with van der Waals surface area (Å²) < 4.78 is 2.14. The third-order valence-electron chi connectivity index (χ3n) is 7.70. The van der Waals surface area contributed by atoms with Gasteiger partial charge in [-0.2, -0.15) is 0 Å². The minimum absolute atomic E-state index is 0.260. The second kappa shape index (κ2) is 12.6. The number of nitrogens with zero attached hydrogens (tertiary/aromatic N) is 3. The number of carbonyl (C=O) groups is 1. The van der Waals surface area contributed by atoms with E-state index < -0.39 is 0 Å². The summed E-state index contributed by atoms with van der Waals surface area (Å²) >= 11 is 13.9. The first-order valence-corrected chi connectivity index (χ1v) is 15.1. The van der Waals surface area contributed by atoms with Gasteiger partial charge in [0.05, 0.1) is 5.69 Å². The first-order chi connectivity index (χ1) is 17.4. The van der Waals surface area contributed by atoms with Crippen LogP contribution >= 0.6 is 43.5 Å². The van der Waals surface area contributed by atoms with Crippen molar-refractivity contribution in [1.29, 1.82) is 0 Å². The van der Waals surface area contributed by atoms with Gasteiger partial charge in [-0.3, -0.25) is 14.7 Å². The smallest absolute Gasteiger partial charge is 0.135 e. The summed E-state index contributed by atoms with van der Waals surface area (Å²) in [5.41, 5.74) is 6.45. The number of hydrogen-bond acceptors (Lipinski definition) is 4. The standard InChI is InChI=1S/C27H30Br2ClN3O.C2H6/c1-17(16-32-8-6-23(34)7-9-32)33-10-4-18(5-11-33)26-25-19(13-22(30)14-24(25)29)2-3-20-12-21(28)15-31-27(20)26;1-2/h12-15,18,26H,1-11,16H2;1-2H3. The summed E-state index contributed by atoms with van der Waals surface area (Å²) in [5.74, 6) is 1.16. The van der Waals surface area contributed by atoms with Crippen LogP contribution in [0.1, 0.15) is 67.8 Å². The number of likely N-dealkylation sites (tertiary alicyclic amines) is 2. The molecule has 0 N–H and O–H groups in total. The van der Waals surface area contributed by atoms with Crippen LogP contribution in [0.3, 0.4) is 0 Å². The quantitative estimate of drug-likeness (QED) is 0.350. The lowest BCUT2D eigenvalue weighted by molar-refractivity contribution is -0.121. The lowest BCUT2D eigenvalue weighted by Gasteiger charge is -2.40. The molecule has 0 radical (unpaired) electrons. The topological polar surface area (TPSA) is 36.4 Å². The number of aromatic nitrogens is 1. The lowest BCUT2D eigenvalue weighted by Crippen LogP contribution is -2.41. The fraction of sp³-hybridized carbons (Fsp3) is 0.517. The number of halogens is 3. The number of benzene rings is 1. The number of carbonyl (C=O) groups excluding carboxylic acids is 1. The van der Waals surface area contributed by atoms with Crippen molar-refractivity contribution in [3.63, 3.8) is 0 Å². The molecule has 7 heteroatoms. The van der Waals surface area contributed by atoms with Crippen molar-refractivity contribution >= 4 is 49.2 Å². The number of aryl methyl sites for hydroxylation is 2. The minimum Gasteiger partial charge on any atom is -0.374 e. The molecule has 194 valence electrons. The zero-order valence-electron chi connectivity index (χ0n) is 21.3. The van der Waals surface area contributed by atoms with Gasteiger partial charge >= 0.3 is 0 Å². The zero-order chi connectivity index (χ0) is 25.8. The zero-order valence-corrected chi connectivity index (χ0v) is 25.3. The predicted molar refractivity (Wildman–Crippen MR) is 156 cm³/mol. The van der Waals surface area contributed by atoms with Crippen molar-refractivity contribution in [2.24, 2.45) is 5.92 Å².